The lowest BCUT2D eigenvalue weighted by atomic mass is 9.93. The summed E-state index contributed by atoms with van der Waals surface area (Å²) in [7, 11) is 0. The number of aryl methyl sites for hydroxylation is 2. The van der Waals surface area contributed by atoms with Crippen molar-refractivity contribution in [1.29, 1.82) is 0 Å². The van der Waals surface area contributed by atoms with Crippen LogP contribution in [0, 0.1) is 13.8 Å². The minimum Gasteiger partial charge on any atom is -0.388 e. The summed E-state index contributed by atoms with van der Waals surface area (Å²) in [5, 5.41) is 10.7. The van der Waals surface area contributed by atoms with Crippen LogP contribution >= 0.6 is 0 Å². The number of aromatic nitrogens is 2. The molecule has 0 amide bonds. The largest absolute Gasteiger partial charge is 0.388 e. The Hall–Kier alpha value is -1.08. The Labute approximate surface area is 131 Å². The van der Waals surface area contributed by atoms with Crippen molar-refractivity contribution in [3.8, 4) is 0 Å². The van der Waals surface area contributed by atoms with E-state index in [9.17, 15) is 5.11 Å². The van der Waals surface area contributed by atoms with Crippen LogP contribution in [-0.4, -0.2) is 65.0 Å². The van der Waals surface area contributed by atoms with Gasteiger partial charge in [-0.3, -0.25) is 4.90 Å². The Morgan fingerprint density at radius 2 is 2.05 bits per heavy atom. The molecule has 0 bridgehead atoms. The first-order valence-electron chi connectivity index (χ1n) is 8.00. The van der Waals surface area contributed by atoms with Gasteiger partial charge in [0.25, 0.3) is 0 Å². The second kappa shape index (κ2) is 6.58. The lowest BCUT2D eigenvalue weighted by Gasteiger charge is -2.40. The van der Waals surface area contributed by atoms with Gasteiger partial charge in [-0.05, 0) is 19.9 Å². The molecule has 0 saturated carbocycles. The van der Waals surface area contributed by atoms with E-state index in [1.807, 2.05) is 19.9 Å². The maximum atomic E-state index is 10.7. The topological polar surface area (TPSA) is 67.7 Å². The number of aliphatic hydroxyl groups is 1. The van der Waals surface area contributed by atoms with E-state index in [1.54, 1.807) is 0 Å². The third-order valence-corrected chi connectivity index (χ3v) is 4.41. The van der Waals surface area contributed by atoms with Gasteiger partial charge in [-0.1, -0.05) is 0 Å². The molecule has 2 aliphatic rings. The molecule has 2 saturated heterocycles. The Kier molecular flexibility index (Phi) is 4.73. The molecule has 22 heavy (non-hydrogen) atoms. The molecule has 3 rings (SSSR count). The van der Waals surface area contributed by atoms with E-state index in [0.29, 0.717) is 39.2 Å². The van der Waals surface area contributed by atoms with E-state index in [4.69, 9.17) is 9.47 Å². The first kappa shape index (κ1) is 15.8. The van der Waals surface area contributed by atoms with Gasteiger partial charge in [-0.2, -0.15) is 0 Å². The molecule has 2 fully saturated rings. The second-order valence-corrected chi connectivity index (χ2v) is 6.41. The lowest BCUT2D eigenvalue weighted by molar-refractivity contribution is -0.103. The highest BCUT2D eigenvalue weighted by Gasteiger charge is 2.34. The fourth-order valence-corrected chi connectivity index (χ4v) is 3.26. The van der Waals surface area contributed by atoms with Crippen molar-refractivity contribution >= 4 is 0 Å². The maximum absolute atomic E-state index is 10.7. The van der Waals surface area contributed by atoms with Crippen LogP contribution in [0.4, 0.5) is 0 Å². The summed E-state index contributed by atoms with van der Waals surface area (Å²) in [4.78, 5) is 11.1. The number of β-amino-alcohol motifs (C(OH)–C–C–N with tert-alkyl or cyclic N) is 1. The van der Waals surface area contributed by atoms with Gasteiger partial charge >= 0.3 is 0 Å². The number of rotatable bonds is 3. The van der Waals surface area contributed by atoms with E-state index in [0.717, 1.165) is 30.3 Å². The molecule has 1 aromatic rings. The molecule has 0 radical (unpaired) electrons. The quantitative estimate of drug-likeness (QED) is 0.899. The Morgan fingerprint density at radius 1 is 1.27 bits per heavy atom. The number of morpholine rings is 1. The molecule has 0 spiro atoms. The van der Waals surface area contributed by atoms with Gasteiger partial charge in [0.2, 0.25) is 0 Å². The average Bonchev–Trinajstić information content (AvgIpc) is 2.47. The monoisotopic (exact) mass is 307 g/mol. The van der Waals surface area contributed by atoms with Crippen LogP contribution in [0.5, 0.6) is 0 Å². The van der Waals surface area contributed by atoms with Gasteiger partial charge in [0.1, 0.15) is 11.9 Å². The Bertz CT molecular complexity index is 497. The molecule has 122 valence electrons. The minimum absolute atomic E-state index is 0.0439. The van der Waals surface area contributed by atoms with E-state index in [2.05, 4.69) is 14.9 Å². The molecule has 1 N–H and O–H groups in total. The zero-order chi connectivity index (χ0) is 15.6. The molecule has 6 nitrogen and oxygen atoms in total. The van der Waals surface area contributed by atoms with Gasteiger partial charge in [-0.25, -0.2) is 9.97 Å². The number of hydrogen-bond acceptors (Lipinski definition) is 6. The summed E-state index contributed by atoms with van der Waals surface area (Å²) in [6.45, 7) is 8.13. The van der Waals surface area contributed by atoms with Crippen molar-refractivity contribution in [3.05, 3.63) is 23.3 Å². The third-order valence-electron chi connectivity index (χ3n) is 4.41. The summed E-state index contributed by atoms with van der Waals surface area (Å²) in [5.74, 6) is 0.777. The molecule has 6 heteroatoms. The maximum Gasteiger partial charge on any atom is 0.125 e. The van der Waals surface area contributed by atoms with Gasteiger partial charge in [-0.15, -0.1) is 0 Å². The first-order valence-corrected chi connectivity index (χ1v) is 8.00. The van der Waals surface area contributed by atoms with Crippen LogP contribution in [-0.2, 0) is 9.47 Å². The molecule has 1 aromatic heterocycles. The van der Waals surface area contributed by atoms with Gasteiger partial charge in [0.05, 0.1) is 17.9 Å². The predicted octanol–water partition coefficient (Wildman–Crippen LogP) is 1.01. The molecule has 0 aromatic carbocycles. The van der Waals surface area contributed by atoms with Gasteiger partial charge in [0, 0.05) is 51.4 Å². The predicted molar refractivity (Wildman–Crippen MR) is 81.6 cm³/mol. The van der Waals surface area contributed by atoms with Crippen molar-refractivity contribution in [2.24, 2.45) is 0 Å². The summed E-state index contributed by atoms with van der Waals surface area (Å²) in [5.41, 5.74) is 1.28. The first-order chi connectivity index (χ1) is 10.5. The van der Waals surface area contributed by atoms with E-state index in [1.165, 1.54) is 0 Å². The van der Waals surface area contributed by atoms with Crippen molar-refractivity contribution < 1.29 is 14.6 Å². The zero-order valence-corrected chi connectivity index (χ0v) is 13.4. The zero-order valence-electron chi connectivity index (χ0n) is 13.4. The summed E-state index contributed by atoms with van der Waals surface area (Å²) < 4.78 is 11.2. The van der Waals surface area contributed by atoms with Crippen LogP contribution in [0.2, 0.25) is 0 Å². The molecule has 0 unspecified atom stereocenters. The normalized spacial score (nSPS) is 26.0. The van der Waals surface area contributed by atoms with E-state index < -0.39 is 5.60 Å². The fraction of sp³-hybridized carbons (Fsp3) is 0.750. The standard InChI is InChI=1S/C16H25N3O3/c1-12-9-14(18-13(2)17-12)15-10-19(5-8-22-15)11-16(20)3-6-21-7-4-16/h9,15,20H,3-8,10-11H2,1-2H3/t15-/m0/s1. The van der Waals surface area contributed by atoms with Crippen LogP contribution in [0.15, 0.2) is 6.07 Å². The molecule has 2 aliphatic heterocycles. The van der Waals surface area contributed by atoms with Crippen LogP contribution in [0.3, 0.4) is 0 Å². The van der Waals surface area contributed by atoms with Crippen LogP contribution in [0.1, 0.15) is 36.2 Å². The van der Waals surface area contributed by atoms with Crippen molar-refractivity contribution in [1.82, 2.24) is 14.9 Å². The van der Waals surface area contributed by atoms with Crippen molar-refractivity contribution in [2.75, 3.05) is 39.5 Å². The highest BCUT2D eigenvalue weighted by molar-refractivity contribution is 5.13. The molecular weight excluding hydrogens is 282 g/mol. The minimum atomic E-state index is -0.627. The molecule has 1 atom stereocenters. The number of nitrogens with zero attached hydrogens (tertiary/aromatic N) is 3. The van der Waals surface area contributed by atoms with Crippen LogP contribution in [0.25, 0.3) is 0 Å². The van der Waals surface area contributed by atoms with Crippen LogP contribution < -0.4 is 0 Å². The van der Waals surface area contributed by atoms with Crippen molar-refractivity contribution in [2.45, 2.75) is 38.4 Å². The smallest absolute Gasteiger partial charge is 0.125 e. The van der Waals surface area contributed by atoms with Crippen molar-refractivity contribution in [3.63, 3.8) is 0 Å². The molecule has 0 aliphatic carbocycles. The van der Waals surface area contributed by atoms with Gasteiger partial charge in [0.15, 0.2) is 0 Å². The van der Waals surface area contributed by atoms with E-state index in [-0.39, 0.29) is 6.10 Å². The van der Waals surface area contributed by atoms with Gasteiger partial charge < -0.3 is 14.6 Å². The fourth-order valence-electron chi connectivity index (χ4n) is 3.26. The number of hydrogen-bond donors (Lipinski definition) is 1. The number of ether oxygens (including phenoxy) is 2. The Balaban J connectivity index is 1.66. The highest BCUT2D eigenvalue weighted by Crippen LogP contribution is 2.26. The Morgan fingerprint density at radius 3 is 2.77 bits per heavy atom. The highest BCUT2D eigenvalue weighted by atomic mass is 16.5. The molecular formula is C16H25N3O3. The second-order valence-electron chi connectivity index (χ2n) is 6.41. The SMILES string of the molecule is Cc1cc([C@@H]2CN(CC3(O)CCOCC3)CCO2)nc(C)n1. The molecule has 3 heterocycles. The average molecular weight is 307 g/mol. The summed E-state index contributed by atoms with van der Waals surface area (Å²) >= 11 is 0. The third kappa shape index (κ3) is 3.81. The summed E-state index contributed by atoms with van der Waals surface area (Å²) in [6, 6.07) is 1.99. The summed E-state index contributed by atoms with van der Waals surface area (Å²) in [6.07, 6.45) is 1.37. The lowest BCUT2D eigenvalue weighted by Crippen LogP contribution is -2.50. The van der Waals surface area contributed by atoms with E-state index >= 15 is 0 Å².